The van der Waals surface area contributed by atoms with E-state index in [2.05, 4.69) is 31.3 Å². The van der Waals surface area contributed by atoms with E-state index in [0.717, 1.165) is 5.56 Å². The highest BCUT2D eigenvalue weighted by atomic mass is 35.5. The van der Waals surface area contributed by atoms with E-state index in [4.69, 9.17) is 10.5 Å². The van der Waals surface area contributed by atoms with Crippen molar-refractivity contribution < 1.29 is 9.53 Å². The van der Waals surface area contributed by atoms with Gasteiger partial charge in [0.25, 0.3) is 0 Å². The fourth-order valence-electron chi connectivity index (χ4n) is 1.76. The van der Waals surface area contributed by atoms with E-state index in [1.54, 1.807) is 0 Å². The Labute approximate surface area is 133 Å². The van der Waals surface area contributed by atoms with Gasteiger partial charge < -0.3 is 15.8 Å². The van der Waals surface area contributed by atoms with Gasteiger partial charge in [-0.2, -0.15) is 0 Å². The summed E-state index contributed by atoms with van der Waals surface area (Å²) in [6.07, 6.45) is 0.0537. The minimum atomic E-state index is -0.195. The molecule has 1 atom stereocenters. The van der Waals surface area contributed by atoms with Crippen LogP contribution in [0.5, 0.6) is 0 Å². The van der Waals surface area contributed by atoms with Gasteiger partial charge in [0.15, 0.2) is 0 Å². The van der Waals surface area contributed by atoms with Crippen molar-refractivity contribution in [2.45, 2.75) is 45.8 Å². The van der Waals surface area contributed by atoms with Crippen molar-refractivity contribution in [3.8, 4) is 0 Å². The van der Waals surface area contributed by atoms with Gasteiger partial charge >= 0.3 is 0 Å². The van der Waals surface area contributed by atoms with Crippen molar-refractivity contribution in [2.75, 3.05) is 13.2 Å². The molecule has 1 amide bonds. The maximum Gasteiger partial charge on any atom is 0.246 e. The van der Waals surface area contributed by atoms with Crippen LogP contribution in [0.1, 0.15) is 50.8 Å². The first-order valence-corrected chi connectivity index (χ1v) is 7.14. The number of nitrogens with two attached hydrogens (primary N) is 1. The van der Waals surface area contributed by atoms with Crippen molar-refractivity contribution in [3.05, 3.63) is 35.4 Å². The van der Waals surface area contributed by atoms with E-state index in [1.807, 2.05) is 26.0 Å². The normalized spacial score (nSPS) is 12.1. The second-order valence-electron chi connectivity index (χ2n) is 5.59. The molecule has 0 saturated heterocycles. The molecule has 0 spiro atoms. The molecule has 3 N–H and O–H groups in total. The topological polar surface area (TPSA) is 64.3 Å². The lowest BCUT2D eigenvalue weighted by atomic mass is 9.99. The Bertz CT molecular complexity index is 419. The lowest BCUT2D eigenvalue weighted by molar-refractivity contribution is -0.127. The molecule has 5 heteroatoms. The van der Waals surface area contributed by atoms with Gasteiger partial charge in [-0.05, 0) is 30.9 Å². The Balaban J connectivity index is 0.00000400. The molecule has 0 aliphatic rings. The van der Waals surface area contributed by atoms with Gasteiger partial charge in [0.1, 0.15) is 6.61 Å². The van der Waals surface area contributed by atoms with Crippen LogP contribution in [0.3, 0.4) is 0 Å². The number of benzene rings is 1. The summed E-state index contributed by atoms with van der Waals surface area (Å²) in [7, 11) is 0. The predicted molar refractivity (Wildman–Crippen MR) is 88.8 cm³/mol. The molecule has 1 unspecified atom stereocenters. The second kappa shape index (κ2) is 9.77. The van der Waals surface area contributed by atoms with Crippen LogP contribution in [-0.2, 0) is 9.53 Å². The van der Waals surface area contributed by atoms with Crippen LogP contribution in [0.15, 0.2) is 24.3 Å². The zero-order valence-corrected chi connectivity index (χ0v) is 14.1. The fraction of sp³-hybridized carbons (Fsp3) is 0.562. The lowest BCUT2D eigenvalue weighted by Gasteiger charge is -2.15. The highest BCUT2D eigenvalue weighted by molar-refractivity contribution is 5.85. The maximum atomic E-state index is 11.5. The molecule has 0 aliphatic carbocycles. The van der Waals surface area contributed by atoms with E-state index in [-0.39, 0.29) is 37.1 Å². The van der Waals surface area contributed by atoms with Crippen molar-refractivity contribution in [2.24, 2.45) is 5.73 Å². The molecule has 0 radical (unpaired) electrons. The number of hydrogen-bond acceptors (Lipinski definition) is 3. The molecule has 1 aromatic rings. The summed E-state index contributed by atoms with van der Waals surface area (Å²) in [6, 6.07) is 8.03. The summed E-state index contributed by atoms with van der Waals surface area (Å²) >= 11 is 0. The average Bonchev–Trinajstić information content (AvgIpc) is 2.42. The van der Waals surface area contributed by atoms with Gasteiger partial charge in [-0.3, -0.25) is 4.79 Å². The zero-order chi connectivity index (χ0) is 15.1. The number of ether oxygens (including phenoxy) is 1. The molecule has 0 saturated carbocycles. The predicted octanol–water partition coefficient (Wildman–Crippen LogP) is 2.77. The number of hydrogen-bond donors (Lipinski definition) is 2. The third kappa shape index (κ3) is 7.46. The highest BCUT2D eigenvalue weighted by Crippen LogP contribution is 2.17. The van der Waals surface area contributed by atoms with Crippen LogP contribution in [-0.4, -0.2) is 25.2 Å². The van der Waals surface area contributed by atoms with Crippen molar-refractivity contribution in [1.29, 1.82) is 0 Å². The molecule has 0 fully saturated rings. The molecule has 0 heterocycles. The number of carbonyl (C=O) groups is 1. The van der Waals surface area contributed by atoms with Gasteiger partial charge in [0.05, 0.1) is 6.10 Å². The van der Waals surface area contributed by atoms with Gasteiger partial charge in [0, 0.05) is 12.6 Å². The highest BCUT2D eigenvalue weighted by Gasteiger charge is 2.09. The lowest BCUT2D eigenvalue weighted by Crippen LogP contribution is -2.34. The van der Waals surface area contributed by atoms with E-state index in [9.17, 15) is 4.79 Å². The molecule has 1 aromatic carbocycles. The van der Waals surface area contributed by atoms with Crippen molar-refractivity contribution >= 4 is 18.3 Å². The SMILES string of the molecule is CC(C)OCC(=O)NCC(N)c1ccc(C(C)C)cc1.Cl. The molecular weight excluding hydrogens is 288 g/mol. The average molecular weight is 315 g/mol. The molecule has 0 aliphatic heterocycles. The van der Waals surface area contributed by atoms with E-state index in [0.29, 0.717) is 12.5 Å². The minimum absolute atomic E-state index is 0. The third-order valence-corrected chi connectivity index (χ3v) is 3.10. The Kier molecular flexibility index (Phi) is 9.26. The zero-order valence-electron chi connectivity index (χ0n) is 13.3. The van der Waals surface area contributed by atoms with Gasteiger partial charge in [-0.1, -0.05) is 38.1 Å². The van der Waals surface area contributed by atoms with Gasteiger partial charge in [-0.25, -0.2) is 0 Å². The number of amides is 1. The van der Waals surface area contributed by atoms with Crippen LogP contribution >= 0.6 is 12.4 Å². The molecule has 0 aromatic heterocycles. The van der Waals surface area contributed by atoms with Crippen LogP contribution in [0, 0.1) is 0 Å². The van der Waals surface area contributed by atoms with Crippen LogP contribution in [0.25, 0.3) is 0 Å². The Morgan fingerprint density at radius 2 is 1.67 bits per heavy atom. The summed E-state index contributed by atoms with van der Waals surface area (Å²) in [5, 5.41) is 2.78. The van der Waals surface area contributed by atoms with Crippen LogP contribution < -0.4 is 11.1 Å². The largest absolute Gasteiger partial charge is 0.369 e. The molecule has 1 rings (SSSR count). The number of rotatable bonds is 7. The number of halogens is 1. The monoisotopic (exact) mass is 314 g/mol. The summed E-state index contributed by atoms with van der Waals surface area (Å²) in [5.41, 5.74) is 8.38. The molecule has 0 bridgehead atoms. The van der Waals surface area contributed by atoms with Crippen LogP contribution in [0.2, 0.25) is 0 Å². The van der Waals surface area contributed by atoms with Crippen molar-refractivity contribution in [3.63, 3.8) is 0 Å². The second-order valence-corrected chi connectivity index (χ2v) is 5.59. The standard InChI is InChI=1S/C16H26N2O2.ClH/c1-11(2)13-5-7-14(8-6-13)15(17)9-18-16(19)10-20-12(3)4;/h5-8,11-12,15H,9-10,17H2,1-4H3,(H,18,19);1H. The molecule has 120 valence electrons. The Hall–Kier alpha value is -1.10. The Morgan fingerprint density at radius 3 is 2.14 bits per heavy atom. The van der Waals surface area contributed by atoms with Gasteiger partial charge in [-0.15, -0.1) is 12.4 Å². The summed E-state index contributed by atoms with van der Waals surface area (Å²) < 4.78 is 5.23. The minimum Gasteiger partial charge on any atom is -0.369 e. The first kappa shape index (κ1) is 19.9. The molecular formula is C16H27ClN2O2. The summed E-state index contributed by atoms with van der Waals surface area (Å²) in [6.45, 7) is 8.61. The third-order valence-electron chi connectivity index (χ3n) is 3.10. The maximum absolute atomic E-state index is 11.5. The Morgan fingerprint density at radius 1 is 1.14 bits per heavy atom. The molecule has 4 nitrogen and oxygen atoms in total. The first-order valence-electron chi connectivity index (χ1n) is 7.14. The summed E-state index contributed by atoms with van der Waals surface area (Å²) in [4.78, 5) is 11.5. The van der Waals surface area contributed by atoms with Crippen LogP contribution in [0.4, 0.5) is 0 Å². The van der Waals surface area contributed by atoms with Gasteiger partial charge in [0.2, 0.25) is 5.91 Å². The van der Waals surface area contributed by atoms with E-state index < -0.39 is 0 Å². The number of carbonyl (C=O) groups excluding carboxylic acids is 1. The molecule has 21 heavy (non-hydrogen) atoms. The fourth-order valence-corrected chi connectivity index (χ4v) is 1.76. The smallest absolute Gasteiger partial charge is 0.246 e. The number of nitrogens with one attached hydrogen (secondary N) is 1. The summed E-state index contributed by atoms with van der Waals surface area (Å²) in [5.74, 6) is 0.376. The van der Waals surface area contributed by atoms with Crippen molar-refractivity contribution in [1.82, 2.24) is 5.32 Å². The van der Waals surface area contributed by atoms with E-state index in [1.165, 1.54) is 5.56 Å². The van der Waals surface area contributed by atoms with E-state index >= 15 is 0 Å². The first-order chi connectivity index (χ1) is 9.40. The quantitative estimate of drug-likeness (QED) is 0.813.